The van der Waals surface area contributed by atoms with Gasteiger partial charge >= 0.3 is 0 Å². The molecule has 1 fully saturated rings. The first-order chi connectivity index (χ1) is 12.7. The average Bonchev–Trinajstić information content (AvgIpc) is 3.01. The van der Waals surface area contributed by atoms with Gasteiger partial charge in [-0.1, -0.05) is 12.8 Å². The maximum absolute atomic E-state index is 5.77. The highest BCUT2D eigenvalue weighted by molar-refractivity contribution is 5.93. The molecule has 2 aliphatic rings. The number of nitrogens with zero attached hydrogens (tertiary/aromatic N) is 1. The third kappa shape index (κ3) is 4.81. The zero-order chi connectivity index (χ0) is 18.2. The van der Waals surface area contributed by atoms with Gasteiger partial charge in [0.25, 0.3) is 0 Å². The van der Waals surface area contributed by atoms with E-state index in [2.05, 4.69) is 15.6 Å². The number of benzene rings is 1. The number of methoxy groups -OCH3 is 1. The molecule has 0 unspecified atom stereocenters. The van der Waals surface area contributed by atoms with E-state index in [9.17, 15) is 0 Å². The second-order valence-corrected chi connectivity index (χ2v) is 7.21. The van der Waals surface area contributed by atoms with Gasteiger partial charge in [0, 0.05) is 45.5 Å². The summed E-state index contributed by atoms with van der Waals surface area (Å²) in [5, 5.41) is 6.88. The molecule has 0 radical (unpaired) electrons. The van der Waals surface area contributed by atoms with E-state index in [4.69, 9.17) is 14.2 Å². The van der Waals surface area contributed by atoms with Crippen LogP contribution >= 0.6 is 0 Å². The van der Waals surface area contributed by atoms with Crippen molar-refractivity contribution >= 4 is 11.6 Å². The summed E-state index contributed by atoms with van der Waals surface area (Å²) in [5.74, 6) is 2.37. The van der Waals surface area contributed by atoms with Gasteiger partial charge in [-0.2, -0.15) is 0 Å². The molecule has 1 aliphatic carbocycles. The molecular weight excluding hydrogens is 330 g/mol. The lowest BCUT2D eigenvalue weighted by molar-refractivity contribution is 0.138. The summed E-state index contributed by atoms with van der Waals surface area (Å²) in [6.07, 6.45) is 7.12. The van der Waals surface area contributed by atoms with Crippen molar-refractivity contribution in [2.24, 2.45) is 10.4 Å². The fraction of sp³-hybridized carbons (Fsp3) is 0.650. The van der Waals surface area contributed by atoms with E-state index in [0.717, 1.165) is 49.1 Å². The van der Waals surface area contributed by atoms with Crippen LogP contribution < -0.4 is 20.1 Å². The summed E-state index contributed by atoms with van der Waals surface area (Å²) in [6.45, 7) is 3.12. The number of guanidine groups is 1. The van der Waals surface area contributed by atoms with Gasteiger partial charge in [-0.15, -0.1) is 0 Å². The van der Waals surface area contributed by atoms with Crippen molar-refractivity contribution in [3.8, 4) is 11.5 Å². The molecule has 6 heteroatoms. The van der Waals surface area contributed by atoms with Crippen LogP contribution in [0.2, 0.25) is 0 Å². The molecular formula is C20H31N3O3. The van der Waals surface area contributed by atoms with Crippen molar-refractivity contribution in [3.05, 3.63) is 18.2 Å². The highest BCUT2D eigenvalue weighted by Gasteiger charge is 2.33. The lowest BCUT2D eigenvalue weighted by Crippen LogP contribution is -2.40. The number of nitrogens with one attached hydrogen (secondary N) is 2. The van der Waals surface area contributed by atoms with Crippen LogP contribution in [0.15, 0.2) is 23.2 Å². The van der Waals surface area contributed by atoms with Gasteiger partial charge in [0.1, 0.15) is 0 Å². The zero-order valence-electron chi connectivity index (χ0n) is 16.0. The second kappa shape index (κ2) is 9.12. The van der Waals surface area contributed by atoms with E-state index in [-0.39, 0.29) is 0 Å². The minimum Gasteiger partial charge on any atom is -0.490 e. The number of fused-ring (bicyclic) bond motifs is 1. The number of hydrogen-bond acceptors (Lipinski definition) is 4. The van der Waals surface area contributed by atoms with E-state index in [1.54, 1.807) is 14.2 Å². The normalized spacial score (nSPS) is 19.1. The van der Waals surface area contributed by atoms with Crippen LogP contribution in [-0.2, 0) is 4.74 Å². The lowest BCUT2D eigenvalue weighted by atomic mass is 9.83. The first-order valence-electron chi connectivity index (χ1n) is 9.61. The van der Waals surface area contributed by atoms with Gasteiger partial charge in [0.2, 0.25) is 0 Å². The Morgan fingerprint density at radius 2 is 1.92 bits per heavy atom. The Hall–Kier alpha value is -1.95. The van der Waals surface area contributed by atoms with Gasteiger partial charge in [0.15, 0.2) is 17.5 Å². The monoisotopic (exact) mass is 361 g/mol. The minimum absolute atomic E-state index is 0.318. The Morgan fingerprint density at radius 1 is 1.15 bits per heavy atom. The topological polar surface area (TPSA) is 64.1 Å². The van der Waals surface area contributed by atoms with E-state index >= 15 is 0 Å². The molecule has 1 saturated carbocycles. The highest BCUT2D eigenvalue weighted by Crippen LogP contribution is 2.40. The molecule has 1 aliphatic heterocycles. The van der Waals surface area contributed by atoms with Crippen LogP contribution in [0, 0.1) is 5.41 Å². The molecule has 144 valence electrons. The predicted molar refractivity (Wildman–Crippen MR) is 104 cm³/mol. The zero-order valence-corrected chi connectivity index (χ0v) is 16.0. The van der Waals surface area contributed by atoms with Crippen LogP contribution in [0.25, 0.3) is 0 Å². The van der Waals surface area contributed by atoms with Crippen LogP contribution in [0.1, 0.15) is 38.5 Å². The van der Waals surface area contributed by atoms with E-state index in [0.29, 0.717) is 18.6 Å². The summed E-state index contributed by atoms with van der Waals surface area (Å²) in [5.41, 5.74) is 1.26. The van der Waals surface area contributed by atoms with Gasteiger partial charge < -0.3 is 24.8 Å². The molecule has 6 nitrogen and oxygen atoms in total. The Morgan fingerprint density at radius 3 is 2.65 bits per heavy atom. The summed E-state index contributed by atoms with van der Waals surface area (Å²) >= 11 is 0. The maximum atomic E-state index is 5.77. The summed E-state index contributed by atoms with van der Waals surface area (Å²) in [4.78, 5) is 4.38. The maximum Gasteiger partial charge on any atom is 0.195 e. The van der Waals surface area contributed by atoms with Crippen molar-refractivity contribution < 1.29 is 14.2 Å². The summed E-state index contributed by atoms with van der Waals surface area (Å²) in [6, 6.07) is 5.92. The van der Waals surface area contributed by atoms with Crippen LogP contribution in [-0.4, -0.2) is 46.5 Å². The molecule has 0 saturated heterocycles. The van der Waals surface area contributed by atoms with Gasteiger partial charge in [0.05, 0.1) is 13.2 Å². The van der Waals surface area contributed by atoms with E-state index < -0.39 is 0 Å². The third-order valence-corrected chi connectivity index (χ3v) is 5.37. The SMILES string of the molecule is CN=C(NCC1(CCOC)CCCC1)Nc1ccc2c(c1)OCCCO2. The van der Waals surface area contributed by atoms with Crippen molar-refractivity contribution in [1.82, 2.24) is 5.32 Å². The molecule has 0 spiro atoms. The smallest absolute Gasteiger partial charge is 0.195 e. The van der Waals surface area contributed by atoms with E-state index in [1.807, 2.05) is 18.2 Å². The molecule has 1 aromatic carbocycles. The first-order valence-corrected chi connectivity index (χ1v) is 9.61. The van der Waals surface area contributed by atoms with E-state index in [1.165, 1.54) is 25.7 Å². The second-order valence-electron chi connectivity index (χ2n) is 7.21. The molecule has 2 N–H and O–H groups in total. The number of rotatable bonds is 6. The van der Waals surface area contributed by atoms with Crippen molar-refractivity contribution in [3.63, 3.8) is 0 Å². The molecule has 26 heavy (non-hydrogen) atoms. The predicted octanol–water partition coefficient (Wildman–Crippen LogP) is 3.43. The fourth-order valence-corrected chi connectivity index (χ4v) is 3.79. The molecule has 1 aromatic rings. The molecule has 0 amide bonds. The molecule has 0 bridgehead atoms. The van der Waals surface area contributed by atoms with Crippen molar-refractivity contribution in [2.45, 2.75) is 38.5 Å². The number of ether oxygens (including phenoxy) is 3. The lowest BCUT2D eigenvalue weighted by Gasteiger charge is -2.30. The Labute approximate surface area is 156 Å². The Balaban J connectivity index is 1.60. The van der Waals surface area contributed by atoms with Gasteiger partial charge in [-0.05, 0) is 36.8 Å². The molecule has 3 rings (SSSR count). The number of anilines is 1. The fourth-order valence-electron chi connectivity index (χ4n) is 3.79. The number of aliphatic imine (C=N–C) groups is 1. The van der Waals surface area contributed by atoms with Crippen LogP contribution in [0.4, 0.5) is 5.69 Å². The van der Waals surface area contributed by atoms with Crippen molar-refractivity contribution in [2.75, 3.05) is 45.8 Å². The highest BCUT2D eigenvalue weighted by atomic mass is 16.5. The minimum atomic E-state index is 0.318. The van der Waals surface area contributed by atoms with Crippen LogP contribution in [0.5, 0.6) is 11.5 Å². The number of hydrogen-bond donors (Lipinski definition) is 2. The molecule has 0 atom stereocenters. The molecule has 0 aromatic heterocycles. The standard InChI is InChI=1S/C20H31N3O3/c1-21-19(22-15-20(10-13-24-2)8-3-4-9-20)23-16-6-7-17-18(14-16)26-12-5-11-25-17/h6-7,14H,3-5,8-13,15H2,1-2H3,(H2,21,22,23). The first kappa shape index (κ1) is 18.8. The summed E-state index contributed by atoms with van der Waals surface area (Å²) < 4.78 is 16.8. The Kier molecular flexibility index (Phi) is 6.61. The average molecular weight is 361 g/mol. The van der Waals surface area contributed by atoms with Gasteiger partial charge in [-0.25, -0.2) is 0 Å². The van der Waals surface area contributed by atoms with Crippen molar-refractivity contribution in [1.29, 1.82) is 0 Å². The quantitative estimate of drug-likeness (QED) is 0.600. The molecule has 1 heterocycles. The summed E-state index contributed by atoms with van der Waals surface area (Å²) in [7, 11) is 3.58. The van der Waals surface area contributed by atoms with Crippen LogP contribution in [0.3, 0.4) is 0 Å². The van der Waals surface area contributed by atoms with Gasteiger partial charge in [-0.3, -0.25) is 4.99 Å². The largest absolute Gasteiger partial charge is 0.490 e. The third-order valence-electron chi connectivity index (χ3n) is 5.37. The Bertz CT molecular complexity index is 612.